The van der Waals surface area contributed by atoms with Gasteiger partial charge in [0.2, 0.25) is 15.9 Å². The molecule has 2 aromatic carbocycles. The zero-order valence-corrected chi connectivity index (χ0v) is 18.6. The van der Waals surface area contributed by atoms with Crippen molar-refractivity contribution in [2.24, 2.45) is 0 Å². The van der Waals surface area contributed by atoms with Gasteiger partial charge in [0.15, 0.2) is 17.9 Å². The van der Waals surface area contributed by atoms with Crippen molar-refractivity contribution in [3.8, 4) is 17.3 Å². The number of oxazole rings is 1. The van der Waals surface area contributed by atoms with Gasteiger partial charge in [-0.3, -0.25) is 4.72 Å². The molecular formula is C22H21F2N3O5S. The quantitative estimate of drug-likeness (QED) is 0.510. The summed E-state index contributed by atoms with van der Waals surface area (Å²) >= 11 is 0. The molecule has 0 bridgehead atoms. The van der Waals surface area contributed by atoms with E-state index in [1.54, 1.807) is 4.72 Å². The number of nitrogens with zero attached hydrogens (tertiary/aromatic N) is 1. The van der Waals surface area contributed by atoms with E-state index in [0.717, 1.165) is 36.8 Å². The second kappa shape index (κ2) is 8.81. The van der Waals surface area contributed by atoms with Gasteiger partial charge >= 0.3 is 6.09 Å². The SMILES string of the molecule is CC(NC(=O)Oc1coc(-c2cccc(C3CC3)c2)n1)c1cc(F)c(NS(C)(=O)=O)c(F)c1. The number of hydrogen-bond acceptors (Lipinski definition) is 6. The van der Waals surface area contributed by atoms with Gasteiger partial charge < -0.3 is 14.5 Å². The van der Waals surface area contributed by atoms with Crippen LogP contribution in [0.1, 0.15) is 42.9 Å². The van der Waals surface area contributed by atoms with E-state index >= 15 is 0 Å². The first-order valence-electron chi connectivity index (χ1n) is 10.1. The summed E-state index contributed by atoms with van der Waals surface area (Å²) < 4.78 is 63.2. The van der Waals surface area contributed by atoms with Crippen molar-refractivity contribution >= 4 is 21.8 Å². The van der Waals surface area contributed by atoms with Crippen LogP contribution in [0.2, 0.25) is 0 Å². The van der Waals surface area contributed by atoms with Gasteiger partial charge in [0, 0.05) is 5.56 Å². The predicted molar refractivity (Wildman–Crippen MR) is 116 cm³/mol. The summed E-state index contributed by atoms with van der Waals surface area (Å²) in [5.74, 6) is -1.45. The van der Waals surface area contributed by atoms with E-state index in [-0.39, 0.29) is 11.4 Å². The Morgan fingerprint density at radius 3 is 2.55 bits per heavy atom. The van der Waals surface area contributed by atoms with E-state index in [0.29, 0.717) is 11.8 Å². The summed E-state index contributed by atoms with van der Waals surface area (Å²) in [7, 11) is -3.87. The maximum atomic E-state index is 14.2. The minimum Gasteiger partial charge on any atom is -0.440 e. The zero-order valence-electron chi connectivity index (χ0n) is 17.8. The van der Waals surface area contributed by atoms with Crippen LogP contribution in [0.4, 0.5) is 19.3 Å². The van der Waals surface area contributed by atoms with E-state index in [2.05, 4.69) is 10.3 Å². The Hall–Kier alpha value is -3.47. The number of amides is 1. The first kappa shape index (κ1) is 22.7. The molecule has 8 nitrogen and oxygen atoms in total. The number of nitrogens with one attached hydrogen (secondary N) is 2. The van der Waals surface area contributed by atoms with Crippen LogP contribution in [0, 0.1) is 11.6 Å². The summed E-state index contributed by atoms with van der Waals surface area (Å²) in [6.45, 7) is 1.48. The highest BCUT2D eigenvalue weighted by Gasteiger charge is 2.24. The fourth-order valence-electron chi connectivity index (χ4n) is 3.29. The summed E-state index contributed by atoms with van der Waals surface area (Å²) in [5.41, 5.74) is 1.24. The molecule has 1 unspecified atom stereocenters. The van der Waals surface area contributed by atoms with Crippen LogP contribution in [-0.2, 0) is 10.0 Å². The number of anilines is 1. The van der Waals surface area contributed by atoms with Gasteiger partial charge in [-0.25, -0.2) is 22.0 Å². The van der Waals surface area contributed by atoms with Crippen LogP contribution in [0.5, 0.6) is 5.88 Å². The lowest BCUT2D eigenvalue weighted by Crippen LogP contribution is -2.29. The maximum Gasteiger partial charge on any atom is 0.414 e. The number of halogens is 2. The lowest BCUT2D eigenvalue weighted by Gasteiger charge is -2.15. The molecule has 33 heavy (non-hydrogen) atoms. The van der Waals surface area contributed by atoms with Crippen LogP contribution in [0.3, 0.4) is 0 Å². The Morgan fingerprint density at radius 2 is 1.91 bits per heavy atom. The summed E-state index contributed by atoms with van der Waals surface area (Å²) in [6, 6.07) is 8.78. The molecule has 4 rings (SSSR count). The lowest BCUT2D eigenvalue weighted by atomic mass is 10.1. The fourth-order valence-corrected chi connectivity index (χ4v) is 3.86. The summed E-state index contributed by atoms with van der Waals surface area (Å²) in [5, 5.41) is 2.43. The van der Waals surface area contributed by atoms with Crippen LogP contribution in [0.15, 0.2) is 47.1 Å². The molecule has 1 saturated carbocycles. The van der Waals surface area contributed by atoms with Crippen molar-refractivity contribution in [2.75, 3.05) is 11.0 Å². The third kappa shape index (κ3) is 5.67. The van der Waals surface area contributed by atoms with Gasteiger partial charge in [-0.15, -0.1) is 0 Å². The average Bonchev–Trinajstić information content (AvgIpc) is 3.49. The number of carbonyl (C=O) groups excluding carboxylic acids is 1. The average molecular weight is 477 g/mol. The molecule has 3 aromatic rings. The summed E-state index contributed by atoms with van der Waals surface area (Å²) in [6.07, 6.45) is 3.38. The highest BCUT2D eigenvalue weighted by molar-refractivity contribution is 7.92. The largest absolute Gasteiger partial charge is 0.440 e. The fraction of sp³-hybridized carbons (Fsp3) is 0.273. The molecule has 0 spiro atoms. The Morgan fingerprint density at radius 1 is 1.21 bits per heavy atom. The number of ether oxygens (including phenoxy) is 1. The van der Waals surface area contributed by atoms with Crippen molar-refractivity contribution in [1.29, 1.82) is 0 Å². The van der Waals surface area contributed by atoms with E-state index in [1.807, 2.05) is 24.3 Å². The first-order chi connectivity index (χ1) is 15.6. The van der Waals surface area contributed by atoms with Crippen LogP contribution >= 0.6 is 0 Å². The number of sulfonamides is 1. The molecule has 1 atom stereocenters. The standard InChI is InChI=1S/C22H21F2N3O5S/c1-12(16-9-17(23)20(18(24)10-16)27-33(2,29)30)25-22(28)32-19-11-31-21(26-19)15-5-3-4-14(8-15)13-6-7-13/h3-5,8-13,27H,6-7H2,1-2H3,(H,25,28). The first-order valence-corrected chi connectivity index (χ1v) is 12.0. The van der Waals surface area contributed by atoms with Gasteiger partial charge in [-0.1, -0.05) is 12.1 Å². The second-order valence-corrected chi connectivity index (χ2v) is 9.63. The molecular weight excluding hydrogens is 456 g/mol. The Kier molecular flexibility index (Phi) is 6.07. The molecule has 0 aliphatic heterocycles. The van der Waals surface area contributed by atoms with Crippen LogP contribution < -0.4 is 14.8 Å². The van der Waals surface area contributed by atoms with Crippen molar-refractivity contribution in [1.82, 2.24) is 10.3 Å². The molecule has 0 radical (unpaired) electrons. The third-order valence-electron chi connectivity index (χ3n) is 5.05. The van der Waals surface area contributed by atoms with Crippen molar-refractivity contribution in [2.45, 2.75) is 31.7 Å². The number of hydrogen-bond donors (Lipinski definition) is 2. The van der Waals surface area contributed by atoms with Crippen molar-refractivity contribution in [3.05, 3.63) is 65.4 Å². The van der Waals surface area contributed by atoms with Gasteiger partial charge in [0.25, 0.3) is 5.88 Å². The van der Waals surface area contributed by atoms with E-state index in [1.165, 1.54) is 18.8 Å². The Labute approximate surface area is 189 Å². The van der Waals surface area contributed by atoms with E-state index in [4.69, 9.17) is 9.15 Å². The molecule has 1 amide bonds. The minimum absolute atomic E-state index is 0.0683. The van der Waals surface area contributed by atoms with Gasteiger partial charge in [-0.05, 0) is 61.1 Å². The second-order valence-electron chi connectivity index (χ2n) is 7.88. The lowest BCUT2D eigenvalue weighted by molar-refractivity contribution is 0.195. The highest BCUT2D eigenvalue weighted by atomic mass is 32.2. The molecule has 1 aromatic heterocycles. The number of carbonyl (C=O) groups is 1. The predicted octanol–water partition coefficient (Wildman–Crippen LogP) is 4.72. The Balaban J connectivity index is 1.40. The van der Waals surface area contributed by atoms with Crippen molar-refractivity contribution in [3.63, 3.8) is 0 Å². The number of benzene rings is 2. The Bertz CT molecular complexity index is 1280. The topological polar surface area (TPSA) is 111 Å². The van der Waals surface area contributed by atoms with Gasteiger partial charge in [0.1, 0.15) is 5.69 Å². The van der Waals surface area contributed by atoms with Gasteiger partial charge in [0.05, 0.1) is 12.3 Å². The van der Waals surface area contributed by atoms with Crippen LogP contribution in [0.25, 0.3) is 11.5 Å². The third-order valence-corrected chi connectivity index (χ3v) is 5.62. The summed E-state index contributed by atoms with van der Waals surface area (Å²) in [4.78, 5) is 16.4. The molecule has 1 aliphatic carbocycles. The van der Waals surface area contributed by atoms with E-state index in [9.17, 15) is 22.0 Å². The van der Waals surface area contributed by atoms with Crippen LogP contribution in [-0.4, -0.2) is 25.8 Å². The normalized spacial score (nSPS) is 14.5. The molecule has 1 aliphatic rings. The molecule has 174 valence electrons. The molecule has 1 heterocycles. The monoisotopic (exact) mass is 477 g/mol. The maximum absolute atomic E-state index is 14.2. The molecule has 1 fully saturated rings. The molecule has 11 heteroatoms. The molecule has 0 saturated heterocycles. The zero-order chi connectivity index (χ0) is 23.8. The van der Waals surface area contributed by atoms with Gasteiger partial charge in [-0.2, -0.15) is 4.98 Å². The minimum atomic E-state index is -3.87. The van der Waals surface area contributed by atoms with E-state index < -0.39 is 39.5 Å². The smallest absolute Gasteiger partial charge is 0.414 e. The number of aromatic nitrogens is 1. The molecule has 2 N–H and O–H groups in total. The highest BCUT2D eigenvalue weighted by Crippen LogP contribution is 2.41. The number of rotatable bonds is 7. The van der Waals surface area contributed by atoms with Crippen molar-refractivity contribution < 1.29 is 31.1 Å².